The molecule has 0 aliphatic rings. The van der Waals surface area contributed by atoms with Gasteiger partial charge in [-0.15, -0.1) is 0 Å². The second kappa shape index (κ2) is 4.87. The zero-order valence-corrected chi connectivity index (χ0v) is 10.2. The molecule has 1 N–H and O–H groups in total. The van der Waals surface area contributed by atoms with E-state index in [1.165, 1.54) is 6.07 Å². The number of carboxylic acids is 1. The van der Waals surface area contributed by atoms with Crippen molar-refractivity contribution in [2.45, 2.75) is 6.92 Å². The SMILES string of the molecule is COc1ccc(-c2ccc(C(=O)O)nc2)cc1C. The maximum absolute atomic E-state index is 10.7. The van der Waals surface area contributed by atoms with Crippen LogP contribution in [-0.2, 0) is 0 Å². The molecule has 0 spiro atoms. The van der Waals surface area contributed by atoms with E-state index >= 15 is 0 Å². The Morgan fingerprint density at radius 1 is 1.22 bits per heavy atom. The third-order valence-electron chi connectivity index (χ3n) is 2.71. The number of ether oxygens (including phenoxy) is 1. The van der Waals surface area contributed by atoms with Crippen molar-refractivity contribution in [2.75, 3.05) is 7.11 Å². The first-order valence-electron chi connectivity index (χ1n) is 5.46. The summed E-state index contributed by atoms with van der Waals surface area (Å²) < 4.78 is 5.19. The first-order valence-corrected chi connectivity index (χ1v) is 5.46. The molecule has 18 heavy (non-hydrogen) atoms. The Bertz CT molecular complexity index is 576. The van der Waals surface area contributed by atoms with E-state index in [1.54, 1.807) is 19.4 Å². The molecule has 0 aliphatic carbocycles. The van der Waals surface area contributed by atoms with Crippen molar-refractivity contribution in [3.05, 3.63) is 47.8 Å². The summed E-state index contributed by atoms with van der Waals surface area (Å²) in [5.74, 6) is -0.193. The van der Waals surface area contributed by atoms with Gasteiger partial charge >= 0.3 is 5.97 Å². The van der Waals surface area contributed by atoms with Crippen LogP contribution < -0.4 is 4.74 Å². The van der Waals surface area contributed by atoms with Crippen molar-refractivity contribution in [3.63, 3.8) is 0 Å². The highest BCUT2D eigenvalue weighted by molar-refractivity contribution is 5.85. The molecule has 4 nitrogen and oxygen atoms in total. The van der Waals surface area contributed by atoms with Crippen LogP contribution in [0.1, 0.15) is 16.1 Å². The zero-order valence-electron chi connectivity index (χ0n) is 10.2. The second-order valence-corrected chi connectivity index (χ2v) is 3.92. The van der Waals surface area contributed by atoms with Crippen LogP contribution in [0.15, 0.2) is 36.5 Å². The van der Waals surface area contributed by atoms with Crippen molar-refractivity contribution < 1.29 is 14.6 Å². The summed E-state index contributed by atoms with van der Waals surface area (Å²) in [6.45, 7) is 1.96. The van der Waals surface area contributed by atoms with E-state index in [1.807, 2.05) is 25.1 Å². The fourth-order valence-electron chi connectivity index (χ4n) is 1.75. The van der Waals surface area contributed by atoms with Crippen LogP contribution >= 0.6 is 0 Å². The van der Waals surface area contributed by atoms with Crippen molar-refractivity contribution in [1.29, 1.82) is 0 Å². The number of carboxylic acid groups (broad SMARTS) is 1. The standard InChI is InChI=1S/C14H13NO3/c1-9-7-10(4-6-13(9)18-2)11-3-5-12(14(16)17)15-8-11/h3-8H,1-2H3,(H,16,17). The summed E-state index contributed by atoms with van der Waals surface area (Å²) in [7, 11) is 1.63. The number of aromatic carboxylic acids is 1. The Morgan fingerprint density at radius 3 is 2.44 bits per heavy atom. The molecule has 0 radical (unpaired) electrons. The minimum absolute atomic E-state index is 0.0454. The molecule has 0 saturated heterocycles. The number of aryl methyl sites for hydroxylation is 1. The molecule has 2 rings (SSSR count). The molecule has 1 aromatic carbocycles. The molecule has 0 bridgehead atoms. The summed E-state index contributed by atoms with van der Waals surface area (Å²) in [4.78, 5) is 14.6. The van der Waals surface area contributed by atoms with Gasteiger partial charge in [-0.1, -0.05) is 12.1 Å². The van der Waals surface area contributed by atoms with Gasteiger partial charge in [-0.25, -0.2) is 9.78 Å². The fourth-order valence-corrected chi connectivity index (χ4v) is 1.75. The fraction of sp³-hybridized carbons (Fsp3) is 0.143. The maximum Gasteiger partial charge on any atom is 0.354 e. The van der Waals surface area contributed by atoms with Gasteiger partial charge in [0.15, 0.2) is 0 Å². The lowest BCUT2D eigenvalue weighted by molar-refractivity contribution is 0.0690. The number of carbonyl (C=O) groups is 1. The highest BCUT2D eigenvalue weighted by Crippen LogP contribution is 2.25. The molecule has 0 amide bonds. The van der Waals surface area contributed by atoms with Crippen LogP contribution in [0.4, 0.5) is 0 Å². The first kappa shape index (κ1) is 12.1. The number of nitrogens with zero attached hydrogens (tertiary/aromatic N) is 1. The van der Waals surface area contributed by atoms with E-state index in [4.69, 9.17) is 9.84 Å². The monoisotopic (exact) mass is 243 g/mol. The van der Waals surface area contributed by atoms with Crippen LogP contribution in [0.25, 0.3) is 11.1 Å². The van der Waals surface area contributed by atoms with Gasteiger partial charge in [0.25, 0.3) is 0 Å². The molecule has 92 valence electrons. The van der Waals surface area contributed by atoms with E-state index in [9.17, 15) is 4.79 Å². The summed E-state index contributed by atoms with van der Waals surface area (Å²) in [6, 6.07) is 9.03. The Kier molecular flexibility index (Phi) is 3.28. The van der Waals surface area contributed by atoms with Crippen molar-refractivity contribution in [2.24, 2.45) is 0 Å². The molecular formula is C14H13NO3. The third-order valence-corrected chi connectivity index (χ3v) is 2.71. The minimum Gasteiger partial charge on any atom is -0.496 e. The van der Waals surface area contributed by atoms with Crippen LogP contribution in [-0.4, -0.2) is 23.2 Å². The van der Waals surface area contributed by atoms with Gasteiger partial charge in [-0.3, -0.25) is 0 Å². The highest BCUT2D eigenvalue weighted by Gasteiger charge is 2.06. The second-order valence-electron chi connectivity index (χ2n) is 3.92. The Hall–Kier alpha value is -2.36. The molecule has 0 fully saturated rings. The molecule has 0 saturated carbocycles. The van der Waals surface area contributed by atoms with E-state index < -0.39 is 5.97 Å². The summed E-state index contributed by atoms with van der Waals surface area (Å²) in [6.07, 6.45) is 1.56. The molecule has 0 unspecified atom stereocenters. The number of methoxy groups -OCH3 is 1. The topological polar surface area (TPSA) is 59.4 Å². The van der Waals surface area contributed by atoms with E-state index in [0.717, 1.165) is 22.4 Å². The van der Waals surface area contributed by atoms with Crippen LogP contribution in [0.5, 0.6) is 5.75 Å². The number of rotatable bonds is 3. The van der Waals surface area contributed by atoms with Crippen molar-refractivity contribution in [3.8, 4) is 16.9 Å². The lowest BCUT2D eigenvalue weighted by Gasteiger charge is -2.07. The molecule has 0 atom stereocenters. The molecule has 1 aromatic heterocycles. The Morgan fingerprint density at radius 2 is 1.94 bits per heavy atom. The summed E-state index contributed by atoms with van der Waals surface area (Å²) in [5.41, 5.74) is 2.93. The molecular weight excluding hydrogens is 230 g/mol. The van der Waals surface area contributed by atoms with Gasteiger partial charge in [0.1, 0.15) is 11.4 Å². The molecule has 4 heteroatoms. The third kappa shape index (κ3) is 2.32. The van der Waals surface area contributed by atoms with Crippen LogP contribution in [0.2, 0.25) is 0 Å². The van der Waals surface area contributed by atoms with Gasteiger partial charge in [-0.2, -0.15) is 0 Å². The molecule has 0 aliphatic heterocycles. The maximum atomic E-state index is 10.7. The van der Waals surface area contributed by atoms with Gasteiger partial charge in [0.2, 0.25) is 0 Å². The van der Waals surface area contributed by atoms with Crippen LogP contribution in [0, 0.1) is 6.92 Å². The minimum atomic E-state index is -1.02. The Balaban J connectivity index is 2.36. The summed E-state index contributed by atoms with van der Waals surface area (Å²) >= 11 is 0. The quantitative estimate of drug-likeness (QED) is 0.900. The first-order chi connectivity index (χ1) is 8.61. The average molecular weight is 243 g/mol. The molecule has 1 heterocycles. The van der Waals surface area contributed by atoms with E-state index in [0.29, 0.717) is 0 Å². The Labute approximate surface area is 105 Å². The number of benzene rings is 1. The lowest BCUT2D eigenvalue weighted by atomic mass is 10.0. The van der Waals surface area contributed by atoms with Gasteiger partial charge in [0.05, 0.1) is 7.11 Å². The largest absolute Gasteiger partial charge is 0.496 e. The van der Waals surface area contributed by atoms with Crippen molar-refractivity contribution in [1.82, 2.24) is 4.98 Å². The van der Waals surface area contributed by atoms with E-state index in [-0.39, 0.29) is 5.69 Å². The predicted molar refractivity (Wildman–Crippen MR) is 67.9 cm³/mol. The number of hydrogen-bond donors (Lipinski definition) is 1. The van der Waals surface area contributed by atoms with Crippen LogP contribution in [0.3, 0.4) is 0 Å². The average Bonchev–Trinajstić information content (AvgIpc) is 2.38. The van der Waals surface area contributed by atoms with Gasteiger partial charge < -0.3 is 9.84 Å². The predicted octanol–water partition coefficient (Wildman–Crippen LogP) is 2.76. The summed E-state index contributed by atoms with van der Waals surface area (Å²) in [5, 5.41) is 8.78. The number of hydrogen-bond acceptors (Lipinski definition) is 3. The smallest absolute Gasteiger partial charge is 0.354 e. The number of aromatic nitrogens is 1. The normalized spacial score (nSPS) is 10.1. The van der Waals surface area contributed by atoms with Crippen molar-refractivity contribution >= 4 is 5.97 Å². The number of pyridine rings is 1. The molecule has 2 aromatic rings. The lowest BCUT2D eigenvalue weighted by Crippen LogP contribution is -1.99. The van der Waals surface area contributed by atoms with Gasteiger partial charge in [0, 0.05) is 11.8 Å². The zero-order chi connectivity index (χ0) is 13.1. The highest BCUT2D eigenvalue weighted by atomic mass is 16.5. The van der Waals surface area contributed by atoms with E-state index in [2.05, 4.69) is 4.98 Å². The van der Waals surface area contributed by atoms with Gasteiger partial charge in [-0.05, 0) is 36.2 Å².